The predicted molar refractivity (Wildman–Crippen MR) is 47.2 cm³/mol. The smallest absolute Gasteiger partial charge is 0.185 e. The van der Waals surface area contributed by atoms with Crippen LogP contribution in [0.25, 0.3) is 0 Å². The second kappa shape index (κ2) is 4.07. The first-order chi connectivity index (χ1) is 5.77. The summed E-state index contributed by atoms with van der Waals surface area (Å²) < 4.78 is 1.74. The molecule has 0 aliphatic rings. The Bertz CT molecular complexity index is 304. The number of nitrogens with zero attached hydrogens (tertiary/aromatic N) is 2. The lowest BCUT2D eigenvalue weighted by atomic mass is 10.3. The van der Waals surface area contributed by atoms with Crippen LogP contribution >= 0.6 is 11.6 Å². The van der Waals surface area contributed by atoms with Crippen molar-refractivity contribution in [1.29, 1.82) is 0 Å². The molecule has 1 aromatic heterocycles. The van der Waals surface area contributed by atoms with Crippen LogP contribution < -0.4 is 0 Å². The van der Waals surface area contributed by atoms with Crippen molar-refractivity contribution < 1.29 is 4.79 Å². The maximum Gasteiger partial charge on any atom is 0.185 e. The van der Waals surface area contributed by atoms with Gasteiger partial charge >= 0.3 is 0 Å². The van der Waals surface area contributed by atoms with E-state index < -0.39 is 0 Å². The van der Waals surface area contributed by atoms with Crippen molar-refractivity contribution >= 4 is 17.9 Å². The van der Waals surface area contributed by atoms with Gasteiger partial charge in [-0.15, -0.1) is 0 Å². The van der Waals surface area contributed by atoms with E-state index in [9.17, 15) is 4.79 Å². The average Bonchev–Trinajstić information content (AvgIpc) is 2.51. The lowest BCUT2D eigenvalue weighted by Crippen LogP contribution is -2.02. The van der Waals surface area contributed by atoms with Crippen LogP contribution in [0.1, 0.15) is 17.5 Å². The van der Waals surface area contributed by atoms with Crippen LogP contribution in [0.4, 0.5) is 0 Å². The van der Waals surface area contributed by atoms with Crippen LogP contribution in [0.2, 0.25) is 0 Å². The number of imidazole rings is 1. The minimum atomic E-state index is 0.424. The quantitative estimate of drug-likeness (QED) is 0.672. The van der Waals surface area contributed by atoms with Crippen LogP contribution in [0.3, 0.4) is 0 Å². The summed E-state index contributed by atoms with van der Waals surface area (Å²) in [7, 11) is 0. The molecule has 0 radical (unpaired) electrons. The first kappa shape index (κ1) is 9.00. The van der Waals surface area contributed by atoms with Gasteiger partial charge in [-0.3, -0.25) is 4.79 Å². The molecule has 0 amide bonds. The molecular formula is C8H9ClN2O. The molecule has 0 aromatic carbocycles. The molecule has 64 valence electrons. The Labute approximate surface area is 75.7 Å². The molecule has 0 aliphatic heterocycles. The summed E-state index contributed by atoms with van der Waals surface area (Å²) in [6.45, 7) is 2.50. The number of aldehydes is 1. The minimum absolute atomic E-state index is 0.424. The molecule has 1 rings (SSSR count). The number of hydrogen-bond donors (Lipinski definition) is 0. The zero-order valence-corrected chi connectivity index (χ0v) is 7.45. The number of rotatable bonds is 3. The van der Waals surface area contributed by atoms with Crippen LogP contribution in [-0.4, -0.2) is 15.8 Å². The average molecular weight is 185 g/mol. The molecule has 3 nitrogen and oxygen atoms in total. The van der Waals surface area contributed by atoms with Crippen molar-refractivity contribution in [2.45, 2.75) is 13.5 Å². The van der Waals surface area contributed by atoms with Crippen molar-refractivity contribution in [3.8, 4) is 0 Å². The van der Waals surface area contributed by atoms with Gasteiger partial charge < -0.3 is 4.57 Å². The Morgan fingerprint density at radius 1 is 1.83 bits per heavy atom. The highest BCUT2D eigenvalue weighted by molar-refractivity contribution is 6.25. The largest absolute Gasteiger partial charge is 0.325 e. The molecular weight excluding hydrogens is 176 g/mol. The van der Waals surface area contributed by atoms with Gasteiger partial charge in [-0.2, -0.15) is 0 Å². The van der Waals surface area contributed by atoms with E-state index in [1.165, 1.54) is 5.54 Å². The molecule has 0 fully saturated rings. The Balaban J connectivity index is 2.81. The summed E-state index contributed by atoms with van der Waals surface area (Å²) in [5.74, 6) is 0.424. The molecule has 0 atom stereocenters. The molecule has 0 saturated carbocycles. The van der Waals surface area contributed by atoms with E-state index in [4.69, 9.17) is 11.6 Å². The van der Waals surface area contributed by atoms with E-state index in [1.807, 2.05) is 6.92 Å². The van der Waals surface area contributed by atoms with Gasteiger partial charge in [-0.1, -0.05) is 11.6 Å². The van der Waals surface area contributed by atoms with Crippen LogP contribution in [0.5, 0.6) is 0 Å². The monoisotopic (exact) mass is 184 g/mol. The summed E-state index contributed by atoms with van der Waals surface area (Å²) in [4.78, 5) is 14.3. The van der Waals surface area contributed by atoms with Crippen molar-refractivity contribution in [2.75, 3.05) is 0 Å². The Morgan fingerprint density at radius 2 is 2.58 bits per heavy atom. The molecule has 0 saturated heterocycles. The first-order valence-corrected chi connectivity index (χ1v) is 3.93. The van der Waals surface area contributed by atoms with Crippen LogP contribution in [0.15, 0.2) is 23.5 Å². The van der Waals surface area contributed by atoms with Crippen molar-refractivity contribution in [1.82, 2.24) is 9.55 Å². The predicted octanol–water partition coefficient (Wildman–Crippen LogP) is 1.84. The molecule has 0 N–H and O–H groups in total. The molecule has 12 heavy (non-hydrogen) atoms. The summed E-state index contributed by atoms with van der Waals surface area (Å²) in [5.41, 5.74) is 2.48. The fourth-order valence-corrected chi connectivity index (χ4v) is 0.945. The van der Waals surface area contributed by atoms with Gasteiger partial charge in [0.1, 0.15) is 0 Å². The number of carbonyl (C=O) groups excluding carboxylic acids is 1. The fourth-order valence-electron chi connectivity index (χ4n) is 0.876. The molecule has 0 aliphatic carbocycles. The van der Waals surface area contributed by atoms with Crippen molar-refractivity contribution in [3.05, 3.63) is 29.3 Å². The lowest BCUT2D eigenvalue weighted by Gasteiger charge is -2.02. The zero-order chi connectivity index (χ0) is 8.97. The third-order valence-corrected chi connectivity index (χ3v) is 1.83. The van der Waals surface area contributed by atoms with Gasteiger partial charge in [0, 0.05) is 24.5 Å². The minimum Gasteiger partial charge on any atom is -0.325 e. The van der Waals surface area contributed by atoms with Gasteiger partial charge in [0.05, 0.1) is 0 Å². The standard InChI is InChI=1S/C8H9ClN2O/c1-7(4-9)5-11-3-2-10-8(11)6-12/h2-4,6H,5H2,1H3/b7-4-. The Kier molecular flexibility index (Phi) is 3.05. The van der Waals surface area contributed by atoms with Gasteiger partial charge in [0.15, 0.2) is 12.1 Å². The maximum atomic E-state index is 10.4. The van der Waals surface area contributed by atoms with Crippen LogP contribution in [0, 0.1) is 0 Å². The van der Waals surface area contributed by atoms with Gasteiger partial charge in [0.2, 0.25) is 0 Å². The topological polar surface area (TPSA) is 34.9 Å². The van der Waals surface area contributed by atoms with Gasteiger partial charge in [-0.05, 0) is 12.5 Å². The molecule has 0 unspecified atom stereocenters. The Hall–Kier alpha value is -1.09. The number of hydrogen-bond acceptors (Lipinski definition) is 2. The second-order valence-electron chi connectivity index (χ2n) is 2.49. The maximum absolute atomic E-state index is 10.4. The van der Waals surface area contributed by atoms with Crippen LogP contribution in [-0.2, 0) is 6.54 Å². The number of allylic oxidation sites excluding steroid dienone is 1. The Morgan fingerprint density at radius 3 is 3.17 bits per heavy atom. The number of aromatic nitrogens is 2. The first-order valence-electron chi connectivity index (χ1n) is 3.50. The van der Waals surface area contributed by atoms with E-state index >= 15 is 0 Å². The fraction of sp³-hybridized carbons (Fsp3) is 0.250. The molecule has 0 bridgehead atoms. The summed E-state index contributed by atoms with van der Waals surface area (Å²) >= 11 is 5.48. The second-order valence-corrected chi connectivity index (χ2v) is 2.70. The molecule has 1 heterocycles. The highest BCUT2D eigenvalue weighted by Gasteiger charge is 1.99. The molecule has 0 spiro atoms. The molecule has 1 aromatic rings. The third-order valence-electron chi connectivity index (χ3n) is 1.46. The van der Waals surface area contributed by atoms with Crippen molar-refractivity contribution in [3.63, 3.8) is 0 Å². The lowest BCUT2D eigenvalue weighted by molar-refractivity contribution is 0.111. The van der Waals surface area contributed by atoms with E-state index in [0.29, 0.717) is 12.4 Å². The molecule has 4 heteroatoms. The van der Waals surface area contributed by atoms with E-state index in [1.54, 1.807) is 17.0 Å². The van der Waals surface area contributed by atoms with E-state index in [0.717, 1.165) is 11.9 Å². The summed E-state index contributed by atoms with van der Waals surface area (Å²) in [5, 5.41) is 0. The van der Waals surface area contributed by atoms with E-state index in [2.05, 4.69) is 4.98 Å². The SMILES string of the molecule is C/C(=C/Cl)Cn1ccnc1C=O. The normalized spacial score (nSPS) is 11.7. The third kappa shape index (κ3) is 1.95. The summed E-state index contributed by atoms with van der Waals surface area (Å²) in [6.07, 6.45) is 4.06. The highest BCUT2D eigenvalue weighted by Crippen LogP contribution is 2.02. The zero-order valence-electron chi connectivity index (χ0n) is 6.70. The van der Waals surface area contributed by atoms with Gasteiger partial charge in [-0.25, -0.2) is 4.98 Å². The van der Waals surface area contributed by atoms with Crippen molar-refractivity contribution in [2.24, 2.45) is 0 Å². The summed E-state index contributed by atoms with van der Waals surface area (Å²) in [6, 6.07) is 0. The highest BCUT2D eigenvalue weighted by atomic mass is 35.5. The van der Waals surface area contributed by atoms with E-state index in [-0.39, 0.29) is 0 Å². The number of halogens is 1. The number of carbonyl (C=O) groups is 1. The van der Waals surface area contributed by atoms with Gasteiger partial charge in [0.25, 0.3) is 0 Å².